The predicted octanol–water partition coefficient (Wildman–Crippen LogP) is 3.19. The molecule has 4 heteroatoms. The highest BCUT2D eigenvalue weighted by Gasteiger charge is 2.20. The third kappa shape index (κ3) is 1.56. The Morgan fingerprint density at radius 3 is 2.85 bits per heavy atom. The van der Waals surface area contributed by atoms with E-state index < -0.39 is 0 Å². The molecule has 0 radical (unpaired) electrons. The number of halogens is 2. The number of hydrogen-bond acceptors (Lipinski definition) is 2. The molecule has 0 amide bonds. The summed E-state index contributed by atoms with van der Waals surface area (Å²) < 4.78 is 5.47. The average molecular weight is 218 g/mol. The molecule has 2 rings (SSSR count). The van der Waals surface area contributed by atoms with Gasteiger partial charge in [-0.3, -0.25) is 0 Å². The first kappa shape index (κ1) is 8.97. The average Bonchev–Trinajstić information content (AvgIpc) is 2.12. The summed E-state index contributed by atoms with van der Waals surface area (Å²) in [4.78, 5) is 0. The number of ether oxygens (including phenoxy) is 1. The van der Waals surface area contributed by atoms with Gasteiger partial charge in [0.1, 0.15) is 6.61 Å². The summed E-state index contributed by atoms with van der Waals surface area (Å²) in [6, 6.07) is 3.76. The van der Waals surface area contributed by atoms with Crippen LogP contribution in [0.4, 0.5) is 5.69 Å². The van der Waals surface area contributed by atoms with Gasteiger partial charge in [0.2, 0.25) is 0 Å². The second kappa shape index (κ2) is 3.28. The second-order valence-electron chi connectivity index (χ2n) is 3.09. The molecule has 70 valence electrons. The van der Waals surface area contributed by atoms with Crippen LogP contribution in [0.15, 0.2) is 12.1 Å². The molecule has 1 atom stereocenters. The largest absolute Gasteiger partial charge is 0.488 e. The van der Waals surface area contributed by atoms with Gasteiger partial charge in [-0.05, 0) is 19.1 Å². The fourth-order valence-electron chi connectivity index (χ4n) is 1.31. The molecule has 0 bridgehead atoms. The monoisotopic (exact) mass is 217 g/mol. The van der Waals surface area contributed by atoms with Gasteiger partial charge in [-0.1, -0.05) is 23.2 Å². The highest BCUT2D eigenvalue weighted by atomic mass is 35.5. The van der Waals surface area contributed by atoms with Crippen molar-refractivity contribution in [2.45, 2.75) is 13.0 Å². The quantitative estimate of drug-likeness (QED) is 0.721. The molecule has 1 unspecified atom stereocenters. The van der Waals surface area contributed by atoms with Crippen molar-refractivity contribution in [1.29, 1.82) is 0 Å². The lowest BCUT2D eigenvalue weighted by Gasteiger charge is -2.26. The van der Waals surface area contributed by atoms with E-state index in [1.165, 1.54) is 0 Å². The van der Waals surface area contributed by atoms with E-state index >= 15 is 0 Å². The Balaban J connectivity index is 2.51. The zero-order valence-corrected chi connectivity index (χ0v) is 8.62. The Kier molecular flexibility index (Phi) is 2.26. The normalized spacial score (nSPS) is 20.1. The standard InChI is InChI=1S/C9H9Cl2NO/c1-5-4-13-9-7(11)3-2-6(10)8(9)12-5/h2-3,5,12H,4H2,1H3. The van der Waals surface area contributed by atoms with E-state index in [4.69, 9.17) is 27.9 Å². The Morgan fingerprint density at radius 2 is 2.08 bits per heavy atom. The van der Waals surface area contributed by atoms with Gasteiger partial charge in [-0.2, -0.15) is 0 Å². The summed E-state index contributed by atoms with van der Waals surface area (Å²) in [5.41, 5.74) is 0.799. The van der Waals surface area contributed by atoms with Crippen LogP contribution in [-0.4, -0.2) is 12.6 Å². The van der Waals surface area contributed by atoms with Crippen LogP contribution in [-0.2, 0) is 0 Å². The summed E-state index contributed by atoms with van der Waals surface area (Å²) in [5, 5.41) is 4.47. The van der Waals surface area contributed by atoms with Gasteiger partial charge >= 0.3 is 0 Å². The van der Waals surface area contributed by atoms with Gasteiger partial charge < -0.3 is 10.1 Å². The van der Waals surface area contributed by atoms with E-state index in [1.807, 2.05) is 6.92 Å². The van der Waals surface area contributed by atoms with Crippen molar-refractivity contribution < 1.29 is 4.74 Å². The Bertz CT molecular complexity index is 341. The van der Waals surface area contributed by atoms with E-state index in [1.54, 1.807) is 12.1 Å². The fraction of sp³-hybridized carbons (Fsp3) is 0.333. The summed E-state index contributed by atoms with van der Waals surface area (Å²) in [6.07, 6.45) is 0. The molecule has 0 saturated carbocycles. The lowest BCUT2D eigenvalue weighted by Crippen LogP contribution is -2.28. The summed E-state index contributed by atoms with van der Waals surface area (Å²) >= 11 is 11.9. The van der Waals surface area contributed by atoms with Crippen molar-refractivity contribution in [3.63, 3.8) is 0 Å². The highest BCUT2D eigenvalue weighted by molar-refractivity contribution is 6.36. The summed E-state index contributed by atoms with van der Waals surface area (Å²) in [7, 11) is 0. The Morgan fingerprint density at radius 1 is 1.38 bits per heavy atom. The molecule has 1 aromatic rings. The third-order valence-corrected chi connectivity index (χ3v) is 2.54. The van der Waals surface area contributed by atoms with Crippen molar-refractivity contribution in [3.8, 4) is 5.75 Å². The SMILES string of the molecule is CC1COc2c(Cl)ccc(Cl)c2N1. The summed E-state index contributed by atoms with van der Waals surface area (Å²) in [5.74, 6) is 0.660. The van der Waals surface area contributed by atoms with E-state index in [0.29, 0.717) is 22.4 Å². The van der Waals surface area contributed by atoms with Crippen LogP contribution >= 0.6 is 23.2 Å². The molecule has 1 aromatic carbocycles. The number of anilines is 1. The molecular formula is C9H9Cl2NO. The lowest BCUT2D eigenvalue weighted by atomic mass is 10.2. The maximum Gasteiger partial charge on any atom is 0.162 e. The highest BCUT2D eigenvalue weighted by Crippen LogP contribution is 2.40. The number of nitrogens with one attached hydrogen (secondary N) is 1. The van der Waals surface area contributed by atoms with E-state index in [0.717, 1.165) is 5.69 Å². The van der Waals surface area contributed by atoms with Crippen LogP contribution in [0.1, 0.15) is 6.92 Å². The van der Waals surface area contributed by atoms with Crippen LogP contribution < -0.4 is 10.1 Å². The predicted molar refractivity (Wildman–Crippen MR) is 55.0 cm³/mol. The van der Waals surface area contributed by atoms with Crippen LogP contribution in [0.3, 0.4) is 0 Å². The van der Waals surface area contributed by atoms with Crippen molar-refractivity contribution in [2.24, 2.45) is 0 Å². The molecule has 2 nitrogen and oxygen atoms in total. The number of hydrogen-bond donors (Lipinski definition) is 1. The van der Waals surface area contributed by atoms with Crippen LogP contribution in [0.5, 0.6) is 5.75 Å². The molecule has 0 fully saturated rings. The van der Waals surface area contributed by atoms with Crippen LogP contribution in [0, 0.1) is 0 Å². The number of benzene rings is 1. The lowest BCUT2D eigenvalue weighted by molar-refractivity contribution is 0.292. The van der Waals surface area contributed by atoms with Gasteiger partial charge in [0, 0.05) is 0 Å². The van der Waals surface area contributed by atoms with Crippen molar-refractivity contribution in [3.05, 3.63) is 22.2 Å². The van der Waals surface area contributed by atoms with Gasteiger partial charge in [-0.15, -0.1) is 0 Å². The summed E-state index contributed by atoms with van der Waals surface area (Å²) in [6.45, 7) is 2.65. The van der Waals surface area contributed by atoms with Crippen LogP contribution in [0.2, 0.25) is 10.0 Å². The molecule has 1 aliphatic rings. The zero-order valence-electron chi connectivity index (χ0n) is 7.10. The molecule has 1 heterocycles. The van der Waals surface area contributed by atoms with Gasteiger partial charge in [0.05, 0.1) is 21.8 Å². The molecule has 0 saturated heterocycles. The third-order valence-electron chi connectivity index (χ3n) is 1.93. The fourth-order valence-corrected chi connectivity index (χ4v) is 1.72. The maximum atomic E-state index is 5.98. The molecule has 0 aliphatic carbocycles. The zero-order chi connectivity index (χ0) is 9.42. The van der Waals surface area contributed by atoms with E-state index in [-0.39, 0.29) is 6.04 Å². The smallest absolute Gasteiger partial charge is 0.162 e. The Labute approximate surface area is 86.8 Å². The Hall–Kier alpha value is -0.600. The molecule has 0 aromatic heterocycles. The minimum Gasteiger partial charge on any atom is -0.488 e. The first-order valence-electron chi connectivity index (χ1n) is 4.06. The molecular weight excluding hydrogens is 209 g/mol. The molecule has 1 aliphatic heterocycles. The first-order chi connectivity index (χ1) is 6.18. The van der Waals surface area contributed by atoms with Crippen molar-refractivity contribution >= 4 is 28.9 Å². The first-order valence-corrected chi connectivity index (χ1v) is 4.81. The molecule has 1 N–H and O–H groups in total. The van der Waals surface area contributed by atoms with Gasteiger partial charge in [-0.25, -0.2) is 0 Å². The van der Waals surface area contributed by atoms with E-state index in [9.17, 15) is 0 Å². The minimum atomic E-state index is 0.267. The van der Waals surface area contributed by atoms with Crippen molar-refractivity contribution in [1.82, 2.24) is 0 Å². The topological polar surface area (TPSA) is 21.3 Å². The van der Waals surface area contributed by atoms with Gasteiger partial charge in [0.25, 0.3) is 0 Å². The maximum absolute atomic E-state index is 5.98. The number of rotatable bonds is 0. The number of fused-ring (bicyclic) bond motifs is 1. The van der Waals surface area contributed by atoms with Crippen LogP contribution in [0.25, 0.3) is 0 Å². The van der Waals surface area contributed by atoms with E-state index in [2.05, 4.69) is 5.32 Å². The van der Waals surface area contributed by atoms with Gasteiger partial charge in [0.15, 0.2) is 5.75 Å². The molecule has 13 heavy (non-hydrogen) atoms. The molecule has 0 spiro atoms. The second-order valence-corrected chi connectivity index (χ2v) is 3.90. The minimum absolute atomic E-state index is 0.267. The van der Waals surface area contributed by atoms with Crippen molar-refractivity contribution in [2.75, 3.05) is 11.9 Å².